The van der Waals surface area contributed by atoms with Gasteiger partial charge in [0, 0.05) is 24.1 Å². The highest BCUT2D eigenvalue weighted by atomic mass is 16.5. The monoisotopic (exact) mass is 317 g/mol. The van der Waals surface area contributed by atoms with Gasteiger partial charge in [-0.1, -0.05) is 6.07 Å². The van der Waals surface area contributed by atoms with Crippen LogP contribution in [-0.2, 0) is 14.3 Å². The lowest BCUT2D eigenvalue weighted by Crippen LogP contribution is -2.42. The summed E-state index contributed by atoms with van der Waals surface area (Å²) < 4.78 is 4.65. The predicted molar refractivity (Wildman–Crippen MR) is 83.4 cm³/mol. The number of esters is 1. The van der Waals surface area contributed by atoms with E-state index in [1.165, 1.54) is 20.1 Å². The van der Waals surface area contributed by atoms with Crippen molar-refractivity contribution in [2.24, 2.45) is 5.92 Å². The molecule has 0 unspecified atom stereocenters. The summed E-state index contributed by atoms with van der Waals surface area (Å²) in [6.45, 7) is 3.02. The van der Waals surface area contributed by atoms with E-state index in [4.69, 9.17) is 5.26 Å². The highest BCUT2D eigenvalue weighted by Gasteiger charge is 2.24. The zero-order valence-corrected chi connectivity index (χ0v) is 13.3. The minimum absolute atomic E-state index is 0.153. The average Bonchev–Trinajstić information content (AvgIpc) is 2.52. The minimum atomic E-state index is -0.911. The molecule has 0 aliphatic heterocycles. The smallest absolute Gasteiger partial charge is 0.328 e. The molecule has 1 aromatic rings. The SMILES string of the molecule is COC(=O)[C@@H](C[C@H](C)C#N)NC(=O)c1cccc(NC(C)=O)c1. The Labute approximate surface area is 134 Å². The third-order valence-corrected chi connectivity index (χ3v) is 3.05. The van der Waals surface area contributed by atoms with Gasteiger partial charge in [0.1, 0.15) is 6.04 Å². The maximum Gasteiger partial charge on any atom is 0.328 e. The molecule has 0 heterocycles. The topological polar surface area (TPSA) is 108 Å². The van der Waals surface area contributed by atoms with Gasteiger partial charge in [0.15, 0.2) is 0 Å². The largest absolute Gasteiger partial charge is 0.467 e. The lowest BCUT2D eigenvalue weighted by Gasteiger charge is -2.17. The Morgan fingerprint density at radius 2 is 2.04 bits per heavy atom. The summed E-state index contributed by atoms with van der Waals surface area (Å²) in [7, 11) is 1.22. The van der Waals surface area contributed by atoms with Gasteiger partial charge in [0.2, 0.25) is 5.91 Å². The summed E-state index contributed by atoms with van der Waals surface area (Å²) in [5, 5.41) is 14.0. The Morgan fingerprint density at radius 3 is 2.61 bits per heavy atom. The van der Waals surface area contributed by atoms with Crippen molar-refractivity contribution in [3.63, 3.8) is 0 Å². The zero-order valence-electron chi connectivity index (χ0n) is 13.3. The van der Waals surface area contributed by atoms with Crippen molar-refractivity contribution in [3.8, 4) is 6.07 Å². The van der Waals surface area contributed by atoms with Crippen molar-refractivity contribution < 1.29 is 19.1 Å². The molecular formula is C16H19N3O4. The van der Waals surface area contributed by atoms with Gasteiger partial charge in [-0.05, 0) is 31.5 Å². The molecule has 2 N–H and O–H groups in total. The molecule has 0 saturated heterocycles. The molecule has 0 bridgehead atoms. The highest BCUT2D eigenvalue weighted by molar-refractivity contribution is 5.98. The fourth-order valence-corrected chi connectivity index (χ4v) is 1.95. The standard InChI is InChI=1S/C16H19N3O4/c1-10(9-17)7-14(16(22)23-3)19-15(21)12-5-4-6-13(8-12)18-11(2)20/h4-6,8,10,14H,7H2,1-3H3,(H,18,20)(H,19,21)/t10-,14+/m0/s1. The number of methoxy groups -OCH3 is 1. The van der Waals surface area contributed by atoms with Crippen LogP contribution in [0.15, 0.2) is 24.3 Å². The summed E-state index contributed by atoms with van der Waals surface area (Å²) in [5.41, 5.74) is 0.764. The van der Waals surface area contributed by atoms with Crippen molar-refractivity contribution >= 4 is 23.5 Å². The first kappa shape index (κ1) is 18.2. The molecule has 122 valence electrons. The molecular weight excluding hydrogens is 298 g/mol. The zero-order chi connectivity index (χ0) is 17.4. The van der Waals surface area contributed by atoms with Crippen LogP contribution in [0.4, 0.5) is 5.69 Å². The maximum atomic E-state index is 12.3. The molecule has 0 radical (unpaired) electrons. The number of nitrogens with zero attached hydrogens (tertiary/aromatic N) is 1. The van der Waals surface area contributed by atoms with Crippen molar-refractivity contribution in [1.82, 2.24) is 5.32 Å². The van der Waals surface area contributed by atoms with Crippen molar-refractivity contribution in [2.45, 2.75) is 26.3 Å². The van der Waals surface area contributed by atoms with Gasteiger partial charge in [0.25, 0.3) is 5.91 Å². The normalized spacial score (nSPS) is 12.4. The number of hydrogen-bond donors (Lipinski definition) is 2. The van der Waals surface area contributed by atoms with Crippen molar-refractivity contribution in [2.75, 3.05) is 12.4 Å². The van der Waals surface area contributed by atoms with Crippen LogP contribution in [-0.4, -0.2) is 30.9 Å². The van der Waals surface area contributed by atoms with Gasteiger partial charge in [-0.3, -0.25) is 9.59 Å². The van der Waals surface area contributed by atoms with E-state index in [1.54, 1.807) is 25.1 Å². The lowest BCUT2D eigenvalue weighted by molar-refractivity contribution is -0.143. The number of benzene rings is 1. The second-order valence-electron chi connectivity index (χ2n) is 5.08. The fraction of sp³-hybridized carbons (Fsp3) is 0.375. The third kappa shape index (κ3) is 5.79. The first-order chi connectivity index (χ1) is 10.9. The second kappa shape index (κ2) is 8.54. The highest BCUT2D eigenvalue weighted by Crippen LogP contribution is 2.12. The number of carbonyl (C=O) groups excluding carboxylic acids is 3. The number of nitrogens with one attached hydrogen (secondary N) is 2. The molecule has 0 saturated carbocycles. The van der Waals surface area contributed by atoms with Crippen LogP contribution in [0.3, 0.4) is 0 Å². The number of nitriles is 1. The van der Waals surface area contributed by atoms with Crippen LogP contribution in [0.2, 0.25) is 0 Å². The summed E-state index contributed by atoms with van der Waals surface area (Å²) in [6, 6.07) is 7.42. The van der Waals surface area contributed by atoms with Crippen LogP contribution < -0.4 is 10.6 Å². The minimum Gasteiger partial charge on any atom is -0.467 e. The Morgan fingerprint density at radius 1 is 1.35 bits per heavy atom. The van der Waals surface area contributed by atoms with Crippen LogP contribution >= 0.6 is 0 Å². The second-order valence-corrected chi connectivity index (χ2v) is 5.08. The number of anilines is 1. The quantitative estimate of drug-likeness (QED) is 0.772. The molecule has 2 amide bonds. The number of hydrogen-bond acceptors (Lipinski definition) is 5. The van der Waals surface area contributed by atoms with E-state index in [9.17, 15) is 14.4 Å². The molecule has 7 heteroatoms. The summed E-state index contributed by atoms with van der Waals surface area (Å²) in [6.07, 6.45) is 0.153. The number of rotatable bonds is 6. The summed E-state index contributed by atoms with van der Waals surface area (Å²) in [5.74, 6) is -1.76. The van der Waals surface area contributed by atoms with E-state index in [0.29, 0.717) is 5.69 Å². The van der Waals surface area contributed by atoms with E-state index in [-0.39, 0.29) is 17.9 Å². The summed E-state index contributed by atoms with van der Waals surface area (Å²) >= 11 is 0. The van der Waals surface area contributed by atoms with Crippen LogP contribution in [0.5, 0.6) is 0 Å². The van der Waals surface area contributed by atoms with Gasteiger partial charge in [-0.2, -0.15) is 5.26 Å². The third-order valence-electron chi connectivity index (χ3n) is 3.05. The number of carbonyl (C=O) groups is 3. The first-order valence-corrected chi connectivity index (χ1v) is 7.03. The van der Waals surface area contributed by atoms with Gasteiger partial charge < -0.3 is 15.4 Å². The predicted octanol–water partition coefficient (Wildman–Crippen LogP) is 1.47. The number of amides is 2. The number of ether oxygens (including phenoxy) is 1. The van der Waals surface area contributed by atoms with Crippen LogP contribution in [0.25, 0.3) is 0 Å². The van der Waals surface area contributed by atoms with Gasteiger partial charge >= 0.3 is 5.97 Å². The van der Waals surface area contributed by atoms with E-state index in [0.717, 1.165) is 0 Å². The molecule has 0 aliphatic carbocycles. The van der Waals surface area contributed by atoms with E-state index in [1.807, 2.05) is 6.07 Å². The Hall–Kier alpha value is -2.88. The average molecular weight is 317 g/mol. The van der Waals surface area contributed by atoms with E-state index < -0.39 is 23.8 Å². The van der Waals surface area contributed by atoms with Gasteiger partial charge in [-0.25, -0.2) is 4.79 Å². The molecule has 0 aliphatic rings. The van der Waals surface area contributed by atoms with Gasteiger partial charge in [0.05, 0.1) is 13.2 Å². The molecule has 2 atom stereocenters. The molecule has 7 nitrogen and oxygen atoms in total. The molecule has 0 fully saturated rings. The Bertz CT molecular complexity index is 636. The van der Waals surface area contributed by atoms with E-state index in [2.05, 4.69) is 15.4 Å². The van der Waals surface area contributed by atoms with E-state index >= 15 is 0 Å². The Balaban J connectivity index is 2.88. The van der Waals surface area contributed by atoms with Gasteiger partial charge in [-0.15, -0.1) is 0 Å². The Kier molecular flexibility index (Phi) is 6.74. The van der Waals surface area contributed by atoms with Crippen molar-refractivity contribution in [3.05, 3.63) is 29.8 Å². The fourth-order valence-electron chi connectivity index (χ4n) is 1.95. The van der Waals surface area contributed by atoms with Crippen LogP contribution in [0.1, 0.15) is 30.6 Å². The van der Waals surface area contributed by atoms with Crippen molar-refractivity contribution in [1.29, 1.82) is 5.26 Å². The molecule has 0 spiro atoms. The molecule has 23 heavy (non-hydrogen) atoms. The molecule has 1 aromatic carbocycles. The lowest BCUT2D eigenvalue weighted by atomic mass is 10.0. The molecule has 0 aromatic heterocycles. The van der Waals surface area contributed by atoms with Crippen LogP contribution in [0, 0.1) is 17.2 Å². The molecule has 1 rings (SSSR count). The first-order valence-electron chi connectivity index (χ1n) is 7.03. The summed E-state index contributed by atoms with van der Waals surface area (Å²) in [4.78, 5) is 35.1. The maximum absolute atomic E-state index is 12.3.